The number of nitrogens with zero attached hydrogens (tertiary/aromatic N) is 3. The van der Waals surface area contributed by atoms with E-state index in [-0.39, 0.29) is 5.54 Å². The fraction of sp³-hybridized carbons (Fsp3) is 0.538. The molecule has 2 aromatic heterocycles. The van der Waals surface area contributed by atoms with E-state index in [1.165, 1.54) is 5.01 Å². The minimum atomic E-state index is 0.00226. The minimum Gasteiger partial charge on any atom is -0.314 e. The van der Waals surface area contributed by atoms with Crippen LogP contribution < -0.4 is 5.32 Å². The number of thiazole rings is 2. The van der Waals surface area contributed by atoms with Crippen LogP contribution >= 0.6 is 22.7 Å². The van der Waals surface area contributed by atoms with Crippen LogP contribution in [0, 0.1) is 0 Å². The Morgan fingerprint density at radius 2 is 2.05 bits per heavy atom. The van der Waals surface area contributed by atoms with Crippen LogP contribution in [-0.4, -0.2) is 41.0 Å². The fourth-order valence-electron chi connectivity index (χ4n) is 2.36. The second-order valence-electron chi connectivity index (χ2n) is 5.17. The molecule has 0 radical (unpaired) electrons. The Bertz CT molecular complexity index is 527. The van der Waals surface area contributed by atoms with Crippen molar-refractivity contribution in [2.75, 3.05) is 26.2 Å². The van der Waals surface area contributed by atoms with Crippen molar-refractivity contribution in [3.63, 3.8) is 0 Å². The number of aromatic nitrogens is 2. The Morgan fingerprint density at radius 1 is 1.26 bits per heavy atom. The van der Waals surface area contributed by atoms with Crippen molar-refractivity contribution in [1.82, 2.24) is 20.2 Å². The maximum Gasteiger partial charge on any atom is 0.142 e. The van der Waals surface area contributed by atoms with Gasteiger partial charge in [0.25, 0.3) is 0 Å². The molecule has 0 unspecified atom stereocenters. The standard InChI is InChI=1S/C13H18N4S2/c1-13(2,17-6-3-14-4-7-17)12-16-10(9-19-12)11-15-5-8-18-11/h5,8-9,14H,3-4,6-7H2,1-2H3. The highest BCUT2D eigenvalue weighted by Gasteiger charge is 2.32. The highest BCUT2D eigenvalue weighted by atomic mass is 32.1. The van der Waals surface area contributed by atoms with Gasteiger partial charge in [-0.05, 0) is 13.8 Å². The molecule has 3 heterocycles. The molecule has 0 saturated carbocycles. The SMILES string of the molecule is CC(C)(c1nc(-c2nccs2)cs1)N1CCNCC1. The van der Waals surface area contributed by atoms with Gasteiger partial charge in [0, 0.05) is 43.1 Å². The summed E-state index contributed by atoms with van der Waals surface area (Å²) in [6, 6.07) is 0. The maximum absolute atomic E-state index is 4.80. The maximum atomic E-state index is 4.80. The summed E-state index contributed by atoms with van der Waals surface area (Å²) in [7, 11) is 0. The third-order valence-corrected chi connectivity index (χ3v) is 5.54. The molecule has 2 aromatic rings. The number of piperazine rings is 1. The summed E-state index contributed by atoms with van der Waals surface area (Å²) < 4.78 is 0. The lowest BCUT2D eigenvalue weighted by atomic mass is 10.0. The zero-order chi connectivity index (χ0) is 13.3. The lowest BCUT2D eigenvalue weighted by Gasteiger charge is -2.39. The van der Waals surface area contributed by atoms with Gasteiger partial charge >= 0.3 is 0 Å². The van der Waals surface area contributed by atoms with E-state index >= 15 is 0 Å². The Kier molecular flexibility index (Phi) is 3.66. The minimum absolute atomic E-state index is 0.00226. The van der Waals surface area contributed by atoms with Crippen LogP contribution in [-0.2, 0) is 5.54 Å². The molecule has 102 valence electrons. The van der Waals surface area contributed by atoms with E-state index in [1.807, 2.05) is 11.6 Å². The number of hydrogen-bond donors (Lipinski definition) is 1. The Morgan fingerprint density at radius 3 is 2.74 bits per heavy atom. The van der Waals surface area contributed by atoms with E-state index in [4.69, 9.17) is 4.98 Å². The van der Waals surface area contributed by atoms with E-state index in [2.05, 4.69) is 34.4 Å². The van der Waals surface area contributed by atoms with Gasteiger partial charge in [-0.25, -0.2) is 9.97 Å². The number of hydrogen-bond acceptors (Lipinski definition) is 6. The second-order valence-corrected chi connectivity index (χ2v) is 6.92. The van der Waals surface area contributed by atoms with Crippen molar-refractivity contribution in [2.24, 2.45) is 0 Å². The summed E-state index contributed by atoms with van der Waals surface area (Å²) in [6.45, 7) is 8.83. The van der Waals surface area contributed by atoms with Gasteiger partial charge in [-0.2, -0.15) is 0 Å². The van der Waals surface area contributed by atoms with E-state index in [0.717, 1.165) is 36.9 Å². The summed E-state index contributed by atoms with van der Waals surface area (Å²) in [5, 5.41) is 9.71. The first-order chi connectivity index (χ1) is 9.18. The third-order valence-electron chi connectivity index (χ3n) is 3.59. The molecule has 19 heavy (non-hydrogen) atoms. The predicted octanol–water partition coefficient (Wildman–Crippen LogP) is 2.41. The van der Waals surface area contributed by atoms with Crippen molar-refractivity contribution in [3.8, 4) is 10.7 Å². The molecule has 1 saturated heterocycles. The average molecular weight is 294 g/mol. The molecule has 0 atom stereocenters. The molecule has 3 rings (SSSR count). The van der Waals surface area contributed by atoms with Gasteiger partial charge < -0.3 is 5.32 Å². The molecule has 4 nitrogen and oxygen atoms in total. The molecule has 1 aliphatic rings. The predicted molar refractivity (Wildman–Crippen MR) is 80.7 cm³/mol. The fourth-order valence-corrected chi connectivity index (χ4v) is 3.99. The normalized spacial score (nSPS) is 17.8. The lowest BCUT2D eigenvalue weighted by molar-refractivity contribution is 0.102. The monoisotopic (exact) mass is 294 g/mol. The largest absolute Gasteiger partial charge is 0.314 e. The van der Waals surface area contributed by atoms with Crippen LogP contribution in [0.1, 0.15) is 18.9 Å². The number of rotatable bonds is 3. The zero-order valence-corrected chi connectivity index (χ0v) is 12.9. The van der Waals surface area contributed by atoms with E-state index in [1.54, 1.807) is 22.7 Å². The molecule has 6 heteroatoms. The van der Waals surface area contributed by atoms with Gasteiger partial charge in [0.1, 0.15) is 15.7 Å². The van der Waals surface area contributed by atoms with Crippen molar-refractivity contribution < 1.29 is 0 Å². The van der Waals surface area contributed by atoms with Crippen LogP contribution in [0.5, 0.6) is 0 Å². The molecule has 0 spiro atoms. The van der Waals surface area contributed by atoms with Crippen molar-refractivity contribution in [3.05, 3.63) is 22.0 Å². The van der Waals surface area contributed by atoms with Gasteiger partial charge in [-0.15, -0.1) is 22.7 Å². The van der Waals surface area contributed by atoms with Gasteiger partial charge in [-0.1, -0.05) is 0 Å². The quantitative estimate of drug-likeness (QED) is 0.944. The van der Waals surface area contributed by atoms with Gasteiger partial charge in [-0.3, -0.25) is 4.90 Å². The molecule has 1 aliphatic heterocycles. The van der Waals surface area contributed by atoms with Crippen LogP contribution in [0.2, 0.25) is 0 Å². The van der Waals surface area contributed by atoms with Crippen LogP contribution in [0.3, 0.4) is 0 Å². The Labute approximate surface area is 121 Å². The first kappa shape index (κ1) is 13.2. The molecule has 0 aliphatic carbocycles. The number of nitrogens with one attached hydrogen (secondary N) is 1. The van der Waals surface area contributed by atoms with E-state index in [9.17, 15) is 0 Å². The zero-order valence-electron chi connectivity index (χ0n) is 11.2. The van der Waals surface area contributed by atoms with Crippen LogP contribution in [0.4, 0.5) is 0 Å². The Balaban J connectivity index is 1.84. The molecule has 1 fully saturated rings. The smallest absolute Gasteiger partial charge is 0.142 e. The highest BCUT2D eigenvalue weighted by molar-refractivity contribution is 7.14. The third kappa shape index (κ3) is 2.58. The van der Waals surface area contributed by atoms with Gasteiger partial charge in [0.15, 0.2) is 0 Å². The average Bonchev–Trinajstić information content (AvgIpc) is 3.10. The summed E-state index contributed by atoms with van der Waals surface area (Å²) in [4.78, 5) is 11.6. The molecular formula is C13H18N4S2. The first-order valence-corrected chi connectivity index (χ1v) is 8.25. The highest BCUT2D eigenvalue weighted by Crippen LogP contribution is 2.33. The Hall–Kier alpha value is -0.820. The summed E-state index contributed by atoms with van der Waals surface area (Å²) >= 11 is 3.39. The topological polar surface area (TPSA) is 41.1 Å². The van der Waals surface area contributed by atoms with Crippen molar-refractivity contribution in [1.29, 1.82) is 0 Å². The molecule has 0 aromatic carbocycles. The van der Waals surface area contributed by atoms with Crippen LogP contribution in [0.15, 0.2) is 17.0 Å². The summed E-state index contributed by atoms with van der Waals surface area (Å²) in [5.41, 5.74) is 1.01. The van der Waals surface area contributed by atoms with E-state index < -0.39 is 0 Å². The molecule has 0 bridgehead atoms. The molecule has 1 N–H and O–H groups in total. The lowest BCUT2D eigenvalue weighted by Crippen LogP contribution is -2.51. The molecule has 0 amide bonds. The molecular weight excluding hydrogens is 276 g/mol. The van der Waals surface area contributed by atoms with E-state index in [0.29, 0.717) is 0 Å². The van der Waals surface area contributed by atoms with Crippen LogP contribution in [0.25, 0.3) is 10.7 Å². The van der Waals surface area contributed by atoms with Crippen molar-refractivity contribution >= 4 is 22.7 Å². The van der Waals surface area contributed by atoms with Gasteiger partial charge in [0.05, 0.1) is 5.54 Å². The van der Waals surface area contributed by atoms with Gasteiger partial charge in [0.2, 0.25) is 0 Å². The first-order valence-electron chi connectivity index (χ1n) is 6.49. The van der Waals surface area contributed by atoms with Crippen molar-refractivity contribution in [2.45, 2.75) is 19.4 Å². The second kappa shape index (κ2) is 5.28. The summed E-state index contributed by atoms with van der Waals surface area (Å²) in [5.74, 6) is 0. The summed E-state index contributed by atoms with van der Waals surface area (Å²) in [6.07, 6.45) is 1.83.